The van der Waals surface area contributed by atoms with Gasteiger partial charge in [0.05, 0.1) is 22.3 Å². The number of halogens is 2. The summed E-state index contributed by atoms with van der Waals surface area (Å²) in [7, 11) is 0. The van der Waals surface area contributed by atoms with E-state index in [4.69, 9.17) is 11.6 Å². The lowest BCUT2D eigenvalue weighted by atomic mass is 9.94. The molecular weight excluding hydrogens is 332 g/mol. The molecule has 0 aromatic carbocycles. The summed E-state index contributed by atoms with van der Waals surface area (Å²) in [6, 6.07) is 4.51. The van der Waals surface area contributed by atoms with Crippen LogP contribution in [0.25, 0.3) is 0 Å². The van der Waals surface area contributed by atoms with Crippen LogP contribution in [0.15, 0.2) is 29.0 Å². The van der Waals surface area contributed by atoms with Crippen LogP contribution in [0.1, 0.15) is 29.3 Å². The molecule has 3 rings (SSSR count). The third-order valence-electron chi connectivity index (χ3n) is 3.13. The van der Waals surface area contributed by atoms with Gasteiger partial charge in [-0.1, -0.05) is 11.6 Å². The van der Waals surface area contributed by atoms with Gasteiger partial charge in [-0.3, -0.25) is 4.98 Å². The molecule has 2 aromatic rings. The second-order valence-corrected chi connectivity index (χ2v) is 7.09. The monoisotopic (exact) mass is 342 g/mol. The van der Waals surface area contributed by atoms with Crippen LogP contribution in [0.2, 0.25) is 4.34 Å². The molecule has 5 heteroatoms. The van der Waals surface area contributed by atoms with Gasteiger partial charge >= 0.3 is 0 Å². The van der Waals surface area contributed by atoms with E-state index in [9.17, 15) is 0 Å². The Morgan fingerprint density at radius 1 is 1.39 bits per heavy atom. The number of pyridine rings is 1. The van der Waals surface area contributed by atoms with Crippen molar-refractivity contribution in [3.63, 3.8) is 0 Å². The van der Waals surface area contributed by atoms with Gasteiger partial charge in [0.15, 0.2) is 0 Å². The molecule has 1 atom stereocenters. The molecule has 0 spiro atoms. The Kier molecular flexibility index (Phi) is 3.59. The molecule has 0 saturated carbocycles. The lowest BCUT2D eigenvalue weighted by Crippen LogP contribution is -2.15. The summed E-state index contributed by atoms with van der Waals surface area (Å²) in [5, 5.41) is 3.55. The zero-order valence-corrected chi connectivity index (χ0v) is 12.8. The second kappa shape index (κ2) is 5.19. The van der Waals surface area contributed by atoms with Gasteiger partial charge in [0, 0.05) is 15.5 Å². The normalized spacial score (nSPS) is 18.4. The van der Waals surface area contributed by atoms with Crippen molar-refractivity contribution in [2.45, 2.75) is 25.3 Å². The summed E-state index contributed by atoms with van der Waals surface area (Å²) >= 11 is 11.3. The Labute approximate surface area is 124 Å². The summed E-state index contributed by atoms with van der Waals surface area (Å²) in [5.41, 5.74) is 2.40. The van der Waals surface area contributed by atoms with Crippen molar-refractivity contribution in [1.29, 1.82) is 0 Å². The fraction of sp³-hybridized carbons (Fsp3) is 0.308. The molecule has 1 unspecified atom stereocenters. The highest BCUT2D eigenvalue weighted by Crippen LogP contribution is 2.39. The van der Waals surface area contributed by atoms with Gasteiger partial charge in [0.2, 0.25) is 0 Å². The predicted molar refractivity (Wildman–Crippen MR) is 80.6 cm³/mol. The quantitative estimate of drug-likeness (QED) is 0.825. The van der Waals surface area contributed by atoms with E-state index in [2.05, 4.69) is 38.4 Å². The van der Waals surface area contributed by atoms with Crippen molar-refractivity contribution in [1.82, 2.24) is 4.98 Å². The van der Waals surface area contributed by atoms with Crippen molar-refractivity contribution < 1.29 is 0 Å². The van der Waals surface area contributed by atoms with E-state index in [1.165, 1.54) is 16.9 Å². The molecule has 94 valence electrons. The Bertz CT molecular complexity index is 570. The third kappa shape index (κ3) is 2.56. The SMILES string of the molecule is Clc1cc2c(s1)CCCC2Nc1cncc(Br)c1. The number of hydrogen-bond donors (Lipinski definition) is 1. The molecule has 0 aliphatic heterocycles. The molecule has 2 aromatic heterocycles. The number of hydrogen-bond acceptors (Lipinski definition) is 3. The lowest BCUT2D eigenvalue weighted by molar-refractivity contribution is 0.608. The van der Waals surface area contributed by atoms with Crippen LogP contribution < -0.4 is 5.32 Å². The molecule has 1 aliphatic carbocycles. The largest absolute Gasteiger partial charge is 0.377 e. The highest BCUT2D eigenvalue weighted by molar-refractivity contribution is 9.10. The molecule has 2 heterocycles. The number of aromatic nitrogens is 1. The van der Waals surface area contributed by atoms with Crippen LogP contribution in [0.5, 0.6) is 0 Å². The maximum atomic E-state index is 6.12. The van der Waals surface area contributed by atoms with E-state index in [1.807, 2.05) is 6.20 Å². The van der Waals surface area contributed by atoms with Gasteiger partial charge in [0.1, 0.15) is 0 Å². The number of nitrogens with zero attached hydrogens (tertiary/aromatic N) is 1. The second-order valence-electron chi connectivity index (χ2n) is 4.41. The summed E-state index contributed by atoms with van der Waals surface area (Å²) in [4.78, 5) is 5.60. The average Bonchev–Trinajstić information content (AvgIpc) is 2.71. The molecule has 1 aliphatic rings. The minimum absolute atomic E-state index is 0.355. The molecule has 1 N–H and O–H groups in total. The van der Waals surface area contributed by atoms with Gasteiger partial charge in [-0.25, -0.2) is 0 Å². The molecular formula is C13H12BrClN2S. The van der Waals surface area contributed by atoms with E-state index in [1.54, 1.807) is 17.5 Å². The predicted octanol–water partition coefficient (Wildman–Crippen LogP) is 5.05. The average molecular weight is 344 g/mol. The van der Waals surface area contributed by atoms with Gasteiger partial charge < -0.3 is 5.32 Å². The first kappa shape index (κ1) is 12.5. The minimum Gasteiger partial charge on any atom is -0.377 e. The van der Waals surface area contributed by atoms with Crippen LogP contribution >= 0.6 is 38.9 Å². The van der Waals surface area contributed by atoms with Gasteiger partial charge in [-0.2, -0.15) is 0 Å². The highest BCUT2D eigenvalue weighted by atomic mass is 79.9. The number of anilines is 1. The smallest absolute Gasteiger partial charge is 0.0934 e. The number of fused-ring (bicyclic) bond motifs is 1. The summed E-state index contributed by atoms with van der Waals surface area (Å²) in [5.74, 6) is 0. The third-order valence-corrected chi connectivity index (χ3v) is 4.90. The fourth-order valence-electron chi connectivity index (χ4n) is 2.36. The van der Waals surface area contributed by atoms with Crippen LogP contribution in [-0.4, -0.2) is 4.98 Å². The number of nitrogens with one attached hydrogen (secondary N) is 1. The number of rotatable bonds is 2. The van der Waals surface area contributed by atoms with Crippen molar-refractivity contribution >= 4 is 44.6 Å². The maximum Gasteiger partial charge on any atom is 0.0934 e. The summed E-state index contributed by atoms with van der Waals surface area (Å²) in [6.07, 6.45) is 7.16. The summed E-state index contributed by atoms with van der Waals surface area (Å²) in [6.45, 7) is 0. The molecule has 2 nitrogen and oxygen atoms in total. The topological polar surface area (TPSA) is 24.9 Å². The van der Waals surface area contributed by atoms with Crippen LogP contribution in [0, 0.1) is 0 Å². The molecule has 0 radical (unpaired) electrons. The Hall–Kier alpha value is -0.580. The van der Waals surface area contributed by atoms with Crippen LogP contribution in [-0.2, 0) is 6.42 Å². The maximum absolute atomic E-state index is 6.12. The zero-order valence-electron chi connectivity index (χ0n) is 9.62. The van der Waals surface area contributed by atoms with E-state index in [0.717, 1.165) is 27.3 Å². The van der Waals surface area contributed by atoms with Crippen LogP contribution in [0.3, 0.4) is 0 Å². The van der Waals surface area contributed by atoms with Crippen molar-refractivity contribution in [3.8, 4) is 0 Å². The standard InChI is InChI=1S/C13H12BrClN2S/c14-8-4-9(7-16-6-8)17-11-2-1-3-12-10(11)5-13(15)18-12/h4-7,11,17H,1-3H2. The van der Waals surface area contributed by atoms with Crippen molar-refractivity contribution in [2.24, 2.45) is 0 Å². The van der Waals surface area contributed by atoms with Gasteiger partial charge in [-0.05, 0) is 52.9 Å². The van der Waals surface area contributed by atoms with Crippen LogP contribution in [0.4, 0.5) is 5.69 Å². The van der Waals surface area contributed by atoms with Gasteiger partial charge in [0.25, 0.3) is 0 Å². The van der Waals surface area contributed by atoms with E-state index < -0.39 is 0 Å². The van der Waals surface area contributed by atoms with Gasteiger partial charge in [-0.15, -0.1) is 11.3 Å². The molecule has 0 bridgehead atoms. The highest BCUT2D eigenvalue weighted by Gasteiger charge is 2.22. The fourth-order valence-corrected chi connectivity index (χ4v) is 4.11. The zero-order chi connectivity index (χ0) is 12.5. The van der Waals surface area contributed by atoms with Crippen molar-refractivity contribution in [3.05, 3.63) is 43.8 Å². The lowest BCUT2D eigenvalue weighted by Gasteiger charge is -2.24. The molecule has 0 saturated heterocycles. The number of aryl methyl sites for hydroxylation is 1. The summed E-state index contributed by atoms with van der Waals surface area (Å²) < 4.78 is 1.88. The molecule has 0 amide bonds. The number of thiophene rings is 1. The van der Waals surface area contributed by atoms with E-state index >= 15 is 0 Å². The first-order chi connectivity index (χ1) is 8.72. The first-order valence-electron chi connectivity index (χ1n) is 5.87. The van der Waals surface area contributed by atoms with Crippen molar-refractivity contribution in [2.75, 3.05) is 5.32 Å². The Balaban J connectivity index is 1.86. The Morgan fingerprint density at radius 3 is 3.11 bits per heavy atom. The molecule has 18 heavy (non-hydrogen) atoms. The Morgan fingerprint density at radius 2 is 2.28 bits per heavy atom. The minimum atomic E-state index is 0.355. The first-order valence-corrected chi connectivity index (χ1v) is 7.86. The van der Waals surface area contributed by atoms with E-state index in [0.29, 0.717) is 6.04 Å². The van der Waals surface area contributed by atoms with E-state index in [-0.39, 0.29) is 0 Å². The molecule has 0 fully saturated rings.